The molecule has 1 amide bonds. The molecule has 3 aromatic rings. The fraction of sp³-hybridized carbons (Fsp3) is 0.346. The highest BCUT2D eigenvalue weighted by molar-refractivity contribution is 5.93. The van der Waals surface area contributed by atoms with Gasteiger partial charge in [-0.25, -0.2) is 4.68 Å². The first kappa shape index (κ1) is 25.0. The number of carboxylic acids is 1. The SMILES string of the molecule is Cc1ccc(C(CC(=O)O)NC(=O)c2cc(OCC(C)(O)C(C)C)n(-c3ccccc3)n2)cc1. The Morgan fingerprint density at radius 1 is 1.12 bits per heavy atom. The van der Waals surface area contributed by atoms with Crippen molar-refractivity contribution in [2.24, 2.45) is 5.92 Å². The highest BCUT2D eigenvalue weighted by Gasteiger charge is 2.28. The number of hydrogen-bond donors (Lipinski definition) is 3. The molecule has 34 heavy (non-hydrogen) atoms. The van der Waals surface area contributed by atoms with Gasteiger partial charge in [0.1, 0.15) is 6.61 Å². The molecule has 0 aliphatic carbocycles. The van der Waals surface area contributed by atoms with Gasteiger partial charge in [-0.05, 0) is 37.5 Å². The quantitative estimate of drug-likeness (QED) is 0.418. The van der Waals surface area contributed by atoms with E-state index in [0.717, 1.165) is 5.56 Å². The number of nitrogens with one attached hydrogen (secondary N) is 1. The first-order valence-corrected chi connectivity index (χ1v) is 11.2. The van der Waals surface area contributed by atoms with Crippen LogP contribution in [0.25, 0.3) is 5.69 Å². The number of aromatic nitrogens is 2. The molecule has 0 aliphatic heterocycles. The third kappa shape index (κ3) is 6.23. The Hall–Kier alpha value is -3.65. The average molecular weight is 466 g/mol. The lowest BCUT2D eigenvalue weighted by molar-refractivity contribution is -0.137. The molecule has 8 heteroatoms. The van der Waals surface area contributed by atoms with Crippen LogP contribution in [0.5, 0.6) is 5.88 Å². The summed E-state index contributed by atoms with van der Waals surface area (Å²) in [6, 6.07) is 17.3. The zero-order valence-electron chi connectivity index (χ0n) is 19.9. The van der Waals surface area contributed by atoms with Gasteiger partial charge in [-0.3, -0.25) is 9.59 Å². The van der Waals surface area contributed by atoms with E-state index in [-0.39, 0.29) is 24.6 Å². The van der Waals surface area contributed by atoms with Gasteiger partial charge < -0.3 is 20.3 Å². The third-order valence-electron chi connectivity index (χ3n) is 5.83. The van der Waals surface area contributed by atoms with Gasteiger partial charge in [0.25, 0.3) is 5.91 Å². The van der Waals surface area contributed by atoms with Crippen LogP contribution in [0.15, 0.2) is 60.7 Å². The second kappa shape index (κ2) is 10.5. The minimum absolute atomic E-state index is 0.00918. The highest BCUT2D eigenvalue weighted by atomic mass is 16.5. The van der Waals surface area contributed by atoms with Crippen LogP contribution >= 0.6 is 0 Å². The van der Waals surface area contributed by atoms with E-state index in [9.17, 15) is 19.8 Å². The fourth-order valence-electron chi connectivity index (χ4n) is 3.18. The van der Waals surface area contributed by atoms with E-state index in [1.807, 2.05) is 63.2 Å². The number of aliphatic carboxylic acids is 1. The molecule has 180 valence electrons. The molecule has 1 aromatic heterocycles. The molecule has 0 aliphatic rings. The van der Waals surface area contributed by atoms with Crippen molar-refractivity contribution in [2.75, 3.05) is 6.61 Å². The van der Waals surface area contributed by atoms with Gasteiger partial charge in [-0.15, -0.1) is 0 Å². The first-order valence-electron chi connectivity index (χ1n) is 11.2. The van der Waals surface area contributed by atoms with E-state index in [2.05, 4.69) is 10.4 Å². The van der Waals surface area contributed by atoms with Crippen LogP contribution in [-0.2, 0) is 4.79 Å². The third-order valence-corrected chi connectivity index (χ3v) is 5.83. The van der Waals surface area contributed by atoms with Crippen LogP contribution < -0.4 is 10.1 Å². The molecule has 1 heterocycles. The monoisotopic (exact) mass is 465 g/mol. The number of carboxylic acid groups (broad SMARTS) is 1. The van der Waals surface area contributed by atoms with E-state index in [1.165, 1.54) is 10.7 Å². The van der Waals surface area contributed by atoms with E-state index in [4.69, 9.17) is 4.74 Å². The molecule has 0 fully saturated rings. The molecule has 0 saturated carbocycles. The molecule has 3 rings (SSSR count). The number of carbonyl (C=O) groups is 2. The molecule has 0 bridgehead atoms. The van der Waals surface area contributed by atoms with Crippen molar-refractivity contribution in [1.29, 1.82) is 0 Å². The second-order valence-electron chi connectivity index (χ2n) is 8.95. The largest absolute Gasteiger partial charge is 0.481 e. The summed E-state index contributed by atoms with van der Waals surface area (Å²) in [5.41, 5.74) is 1.40. The summed E-state index contributed by atoms with van der Waals surface area (Å²) in [6.07, 6.45) is -0.269. The standard InChI is InChI=1S/C26H31N3O5/c1-17(2)26(4,33)16-34-23-14-22(28-29(23)20-8-6-5-7-9-20)25(32)27-21(15-24(30)31)19-12-10-18(3)11-13-19/h5-14,17,21,33H,15-16H2,1-4H3,(H,27,32)(H,30,31). The highest BCUT2D eigenvalue weighted by Crippen LogP contribution is 2.24. The maximum absolute atomic E-state index is 13.1. The van der Waals surface area contributed by atoms with Crippen LogP contribution in [0.1, 0.15) is 54.8 Å². The zero-order valence-corrected chi connectivity index (χ0v) is 19.9. The molecule has 0 saturated heterocycles. The lowest BCUT2D eigenvalue weighted by Gasteiger charge is -2.27. The number of nitrogens with zero attached hydrogens (tertiary/aromatic N) is 2. The Morgan fingerprint density at radius 3 is 2.35 bits per heavy atom. The summed E-state index contributed by atoms with van der Waals surface area (Å²) < 4.78 is 7.38. The molecule has 8 nitrogen and oxygen atoms in total. The summed E-state index contributed by atoms with van der Waals surface area (Å²) in [7, 11) is 0. The number of carbonyl (C=O) groups excluding carboxylic acids is 1. The molecular weight excluding hydrogens is 434 g/mol. The maximum Gasteiger partial charge on any atom is 0.305 e. The van der Waals surface area contributed by atoms with E-state index in [0.29, 0.717) is 17.1 Å². The summed E-state index contributed by atoms with van der Waals surface area (Å²) in [4.78, 5) is 24.5. The lowest BCUT2D eigenvalue weighted by Crippen LogP contribution is -2.38. The summed E-state index contributed by atoms with van der Waals surface area (Å²) in [5, 5.41) is 27.1. The minimum atomic E-state index is -1.08. The summed E-state index contributed by atoms with van der Waals surface area (Å²) in [6.45, 7) is 7.42. The van der Waals surface area contributed by atoms with Crippen molar-refractivity contribution in [3.8, 4) is 11.6 Å². The number of para-hydroxylation sites is 1. The van der Waals surface area contributed by atoms with Crippen LogP contribution in [0.4, 0.5) is 0 Å². The number of rotatable bonds is 10. The van der Waals surface area contributed by atoms with Crippen molar-refractivity contribution in [3.05, 3.63) is 77.5 Å². The van der Waals surface area contributed by atoms with Crippen molar-refractivity contribution < 1.29 is 24.5 Å². The Labute approximate surface area is 199 Å². The number of aliphatic hydroxyl groups is 1. The molecule has 3 N–H and O–H groups in total. The Morgan fingerprint density at radius 2 is 1.76 bits per heavy atom. The number of hydrogen-bond acceptors (Lipinski definition) is 5. The van der Waals surface area contributed by atoms with Gasteiger partial charge in [-0.1, -0.05) is 61.9 Å². The van der Waals surface area contributed by atoms with Crippen molar-refractivity contribution in [3.63, 3.8) is 0 Å². The van der Waals surface area contributed by atoms with Crippen molar-refractivity contribution in [1.82, 2.24) is 15.1 Å². The second-order valence-corrected chi connectivity index (χ2v) is 8.95. The maximum atomic E-state index is 13.1. The number of benzene rings is 2. The number of ether oxygens (including phenoxy) is 1. The predicted molar refractivity (Wildman–Crippen MR) is 128 cm³/mol. The van der Waals surface area contributed by atoms with Crippen LogP contribution in [-0.4, -0.2) is 44.1 Å². The summed E-state index contributed by atoms with van der Waals surface area (Å²) >= 11 is 0. The lowest BCUT2D eigenvalue weighted by atomic mass is 9.94. The predicted octanol–water partition coefficient (Wildman–Crippen LogP) is 3.91. The molecular formula is C26H31N3O5. The Bertz CT molecular complexity index is 1120. The van der Waals surface area contributed by atoms with Gasteiger partial charge in [0, 0.05) is 6.07 Å². The van der Waals surface area contributed by atoms with Crippen molar-refractivity contribution >= 4 is 11.9 Å². The molecule has 0 spiro atoms. The van der Waals surface area contributed by atoms with Gasteiger partial charge in [0.05, 0.1) is 23.8 Å². The summed E-state index contributed by atoms with van der Waals surface area (Å²) in [5.74, 6) is -1.31. The number of amides is 1. The van der Waals surface area contributed by atoms with Crippen molar-refractivity contribution in [2.45, 2.75) is 45.8 Å². The Kier molecular flexibility index (Phi) is 7.73. The topological polar surface area (TPSA) is 114 Å². The fourth-order valence-corrected chi connectivity index (χ4v) is 3.18. The van der Waals surface area contributed by atoms with Gasteiger partial charge in [0.15, 0.2) is 5.69 Å². The van der Waals surface area contributed by atoms with Gasteiger partial charge in [-0.2, -0.15) is 5.10 Å². The smallest absolute Gasteiger partial charge is 0.305 e. The van der Waals surface area contributed by atoms with Gasteiger partial charge in [0.2, 0.25) is 5.88 Å². The molecule has 2 atom stereocenters. The minimum Gasteiger partial charge on any atom is -0.481 e. The van der Waals surface area contributed by atoms with Crippen LogP contribution in [0.2, 0.25) is 0 Å². The zero-order chi connectivity index (χ0) is 24.9. The molecule has 0 radical (unpaired) electrons. The Balaban J connectivity index is 1.89. The average Bonchev–Trinajstić information content (AvgIpc) is 3.22. The first-order chi connectivity index (χ1) is 16.1. The molecule has 2 unspecified atom stereocenters. The normalized spacial score (nSPS) is 13.8. The molecule has 2 aromatic carbocycles. The van der Waals surface area contributed by atoms with E-state index >= 15 is 0 Å². The number of aryl methyl sites for hydroxylation is 1. The van der Waals surface area contributed by atoms with Crippen LogP contribution in [0, 0.1) is 12.8 Å². The van der Waals surface area contributed by atoms with E-state index in [1.54, 1.807) is 19.1 Å². The van der Waals surface area contributed by atoms with Gasteiger partial charge >= 0.3 is 5.97 Å². The van der Waals surface area contributed by atoms with E-state index < -0.39 is 23.5 Å². The van der Waals surface area contributed by atoms with Crippen LogP contribution in [0.3, 0.4) is 0 Å².